The SMILES string of the molecule is Cc1cc2nc(N3CCCN(Cc4ccsc4)CC3)nc(C)c2cc1C. The molecule has 0 radical (unpaired) electrons. The van der Waals surface area contributed by atoms with Gasteiger partial charge in [0.25, 0.3) is 0 Å². The minimum absolute atomic E-state index is 0.885. The van der Waals surface area contributed by atoms with Crippen LogP contribution in [0.2, 0.25) is 0 Å². The van der Waals surface area contributed by atoms with Gasteiger partial charge in [-0.05, 0) is 72.8 Å². The molecule has 0 spiro atoms. The van der Waals surface area contributed by atoms with Crippen LogP contribution >= 0.6 is 11.3 Å². The molecular formula is C21H26N4S. The van der Waals surface area contributed by atoms with Gasteiger partial charge >= 0.3 is 0 Å². The molecule has 4 nitrogen and oxygen atoms in total. The highest BCUT2D eigenvalue weighted by molar-refractivity contribution is 7.07. The van der Waals surface area contributed by atoms with Gasteiger partial charge in [-0.15, -0.1) is 0 Å². The average molecular weight is 367 g/mol. The standard InChI is InChI=1S/C21H26N4S/c1-15-11-19-17(3)22-21(23-20(19)12-16(15)2)25-7-4-6-24(8-9-25)13-18-5-10-26-14-18/h5,10-12,14H,4,6-9,13H2,1-3H3. The van der Waals surface area contributed by atoms with Crippen molar-refractivity contribution in [3.8, 4) is 0 Å². The Morgan fingerprint density at radius 2 is 1.85 bits per heavy atom. The zero-order valence-corrected chi connectivity index (χ0v) is 16.6. The van der Waals surface area contributed by atoms with Crippen LogP contribution in [0.15, 0.2) is 29.0 Å². The maximum Gasteiger partial charge on any atom is 0.226 e. The van der Waals surface area contributed by atoms with Gasteiger partial charge in [-0.3, -0.25) is 4.90 Å². The molecule has 136 valence electrons. The lowest BCUT2D eigenvalue weighted by Gasteiger charge is -2.22. The monoisotopic (exact) mass is 366 g/mol. The van der Waals surface area contributed by atoms with Crippen molar-refractivity contribution in [3.05, 3.63) is 51.3 Å². The van der Waals surface area contributed by atoms with Crippen LogP contribution in [0, 0.1) is 20.8 Å². The van der Waals surface area contributed by atoms with Crippen molar-refractivity contribution < 1.29 is 0 Å². The molecule has 1 aliphatic rings. The zero-order chi connectivity index (χ0) is 18.1. The first-order chi connectivity index (χ1) is 12.6. The summed E-state index contributed by atoms with van der Waals surface area (Å²) in [5.74, 6) is 0.885. The molecule has 1 aromatic carbocycles. The normalized spacial score (nSPS) is 16.2. The molecule has 4 rings (SSSR count). The van der Waals surface area contributed by atoms with Crippen molar-refractivity contribution in [2.75, 3.05) is 31.1 Å². The van der Waals surface area contributed by atoms with E-state index >= 15 is 0 Å². The Morgan fingerprint density at radius 1 is 1.00 bits per heavy atom. The molecular weight excluding hydrogens is 340 g/mol. The van der Waals surface area contributed by atoms with E-state index in [4.69, 9.17) is 9.97 Å². The number of benzene rings is 1. The van der Waals surface area contributed by atoms with Crippen LogP contribution in [0.25, 0.3) is 10.9 Å². The Balaban J connectivity index is 1.54. The molecule has 26 heavy (non-hydrogen) atoms. The van der Waals surface area contributed by atoms with Crippen LogP contribution in [0.3, 0.4) is 0 Å². The number of thiophene rings is 1. The number of nitrogens with zero attached hydrogens (tertiary/aromatic N) is 4. The van der Waals surface area contributed by atoms with Crippen molar-refractivity contribution in [1.29, 1.82) is 0 Å². The first-order valence-corrected chi connectivity index (χ1v) is 10.3. The van der Waals surface area contributed by atoms with Crippen LogP contribution in [-0.2, 0) is 6.54 Å². The third kappa shape index (κ3) is 3.60. The van der Waals surface area contributed by atoms with Gasteiger partial charge < -0.3 is 4.90 Å². The Kier molecular flexibility index (Phi) is 4.92. The highest BCUT2D eigenvalue weighted by Crippen LogP contribution is 2.23. The van der Waals surface area contributed by atoms with E-state index in [1.807, 2.05) is 0 Å². The maximum atomic E-state index is 4.90. The number of aryl methyl sites for hydroxylation is 3. The second-order valence-corrected chi connectivity index (χ2v) is 8.09. The van der Waals surface area contributed by atoms with Crippen molar-refractivity contribution in [2.24, 2.45) is 0 Å². The van der Waals surface area contributed by atoms with E-state index in [-0.39, 0.29) is 0 Å². The van der Waals surface area contributed by atoms with Gasteiger partial charge in [-0.25, -0.2) is 9.97 Å². The molecule has 2 aromatic heterocycles. The Bertz CT molecular complexity index is 904. The number of anilines is 1. The fourth-order valence-corrected chi connectivity index (χ4v) is 4.30. The van der Waals surface area contributed by atoms with Gasteiger partial charge in [0.15, 0.2) is 0 Å². The van der Waals surface area contributed by atoms with E-state index < -0.39 is 0 Å². The predicted octanol–water partition coefficient (Wildman–Crippen LogP) is 4.33. The lowest BCUT2D eigenvalue weighted by atomic mass is 10.1. The fraction of sp³-hybridized carbons (Fsp3) is 0.429. The molecule has 0 atom stereocenters. The minimum atomic E-state index is 0.885. The van der Waals surface area contributed by atoms with Gasteiger partial charge in [0.05, 0.1) is 11.2 Å². The average Bonchev–Trinajstić information content (AvgIpc) is 3.01. The topological polar surface area (TPSA) is 32.3 Å². The third-order valence-electron chi connectivity index (χ3n) is 5.35. The Morgan fingerprint density at radius 3 is 2.65 bits per heavy atom. The van der Waals surface area contributed by atoms with Gasteiger partial charge in [-0.2, -0.15) is 11.3 Å². The molecule has 0 bridgehead atoms. The summed E-state index contributed by atoms with van der Waals surface area (Å²) in [5.41, 5.74) is 6.16. The van der Waals surface area contributed by atoms with E-state index in [1.54, 1.807) is 11.3 Å². The molecule has 0 saturated carbocycles. The summed E-state index contributed by atoms with van der Waals surface area (Å²) in [7, 11) is 0. The van der Waals surface area contributed by atoms with Crippen LogP contribution in [0.5, 0.6) is 0 Å². The van der Waals surface area contributed by atoms with E-state index in [2.05, 4.69) is 59.5 Å². The summed E-state index contributed by atoms with van der Waals surface area (Å²) in [4.78, 5) is 14.6. The zero-order valence-electron chi connectivity index (χ0n) is 15.8. The molecule has 5 heteroatoms. The predicted molar refractivity (Wildman–Crippen MR) is 110 cm³/mol. The molecule has 0 amide bonds. The molecule has 1 fully saturated rings. The first kappa shape index (κ1) is 17.4. The van der Waals surface area contributed by atoms with Crippen LogP contribution in [0.4, 0.5) is 5.95 Å². The summed E-state index contributed by atoms with van der Waals surface area (Å²) in [5, 5.41) is 5.59. The summed E-state index contributed by atoms with van der Waals surface area (Å²) < 4.78 is 0. The lowest BCUT2D eigenvalue weighted by Crippen LogP contribution is -2.31. The number of aromatic nitrogens is 2. The highest BCUT2D eigenvalue weighted by atomic mass is 32.1. The maximum absolute atomic E-state index is 4.90. The largest absolute Gasteiger partial charge is 0.339 e. The first-order valence-electron chi connectivity index (χ1n) is 9.34. The number of fused-ring (bicyclic) bond motifs is 1. The summed E-state index contributed by atoms with van der Waals surface area (Å²) in [6, 6.07) is 6.64. The summed E-state index contributed by atoms with van der Waals surface area (Å²) >= 11 is 1.78. The number of rotatable bonds is 3. The molecule has 0 N–H and O–H groups in total. The Hall–Kier alpha value is -1.98. The van der Waals surface area contributed by atoms with Crippen molar-refractivity contribution in [2.45, 2.75) is 33.7 Å². The number of hydrogen-bond donors (Lipinski definition) is 0. The van der Waals surface area contributed by atoms with Gasteiger partial charge in [-0.1, -0.05) is 0 Å². The number of hydrogen-bond acceptors (Lipinski definition) is 5. The van der Waals surface area contributed by atoms with Crippen molar-refractivity contribution in [3.63, 3.8) is 0 Å². The quantitative estimate of drug-likeness (QED) is 0.691. The molecule has 3 aromatic rings. The van der Waals surface area contributed by atoms with E-state index in [1.165, 1.54) is 22.1 Å². The molecule has 0 aliphatic carbocycles. The second kappa shape index (κ2) is 7.33. The van der Waals surface area contributed by atoms with Crippen molar-refractivity contribution in [1.82, 2.24) is 14.9 Å². The van der Waals surface area contributed by atoms with E-state index in [9.17, 15) is 0 Å². The second-order valence-electron chi connectivity index (χ2n) is 7.31. The van der Waals surface area contributed by atoms with Crippen LogP contribution in [-0.4, -0.2) is 41.0 Å². The smallest absolute Gasteiger partial charge is 0.226 e. The van der Waals surface area contributed by atoms with Gasteiger partial charge in [0, 0.05) is 38.1 Å². The van der Waals surface area contributed by atoms with Gasteiger partial charge in [0.1, 0.15) is 0 Å². The van der Waals surface area contributed by atoms with E-state index in [0.29, 0.717) is 0 Å². The van der Waals surface area contributed by atoms with Crippen LogP contribution in [0.1, 0.15) is 28.8 Å². The molecule has 3 heterocycles. The summed E-state index contributed by atoms with van der Waals surface area (Å²) in [6.45, 7) is 11.7. The fourth-order valence-electron chi connectivity index (χ4n) is 3.64. The van der Waals surface area contributed by atoms with Crippen LogP contribution < -0.4 is 4.90 Å². The van der Waals surface area contributed by atoms with E-state index in [0.717, 1.165) is 56.3 Å². The Labute approximate surface area is 159 Å². The lowest BCUT2D eigenvalue weighted by molar-refractivity contribution is 0.286. The minimum Gasteiger partial charge on any atom is -0.339 e. The highest BCUT2D eigenvalue weighted by Gasteiger charge is 2.18. The van der Waals surface area contributed by atoms with Gasteiger partial charge in [0.2, 0.25) is 5.95 Å². The summed E-state index contributed by atoms with van der Waals surface area (Å²) in [6.07, 6.45) is 1.15. The molecule has 0 unspecified atom stereocenters. The molecule has 1 saturated heterocycles. The van der Waals surface area contributed by atoms with Crippen molar-refractivity contribution >= 4 is 28.2 Å². The third-order valence-corrected chi connectivity index (χ3v) is 6.08. The molecule has 1 aliphatic heterocycles.